The van der Waals surface area contributed by atoms with E-state index in [-0.39, 0.29) is 31.8 Å². The Morgan fingerprint density at radius 1 is 0.565 bits per heavy atom. The lowest BCUT2D eigenvalue weighted by atomic mass is 10.3. The van der Waals surface area contributed by atoms with Crippen LogP contribution in [0.3, 0.4) is 0 Å². The average Bonchev–Trinajstić information content (AvgIpc) is 2.94. The lowest BCUT2D eigenvalue weighted by molar-refractivity contribution is -0.156. The first-order valence-corrected chi connectivity index (χ1v) is 20.0. The zero-order valence-electron chi connectivity index (χ0n) is 26.3. The Balaban J connectivity index is 2.36. The number of esters is 2. The maximum Gasteiger partial charge on any atom is 0.423 e. The molecular formula is C28H38Br4N4O8S2. The van der Waals surface area contributed by atoms with Crippen LogP contribution in [0.15, 0.2) is 51.9 Å². The predicted molar refractivity (Wildman–Crippen MR) is 190 cm³/mol. The highest BCUT2D eigenvalue weighted by atomic mass is 79.9. The molecule has 0 atom stereocenters. The quantitative estimate of drug-likeness (QED) is 0.0962. The van der Waals surface area contributed by atoms with Gasteiger partial charge in [-0.1, -0.05) is 31.9 Å². The zero-order valence-corrected chi connectivity index (χ0v) is 34.3. The molecule has 0 N–H and O–H groups in total. The third-order valence-electron chi connectivity index (χ3n) is 6.54. The van der Waals surface area contributed by atoms with Crippen molar-refractivity contribution in [2.75, 3.05) is 68.5 Å². The minimum atomic E-state index is -4.18. The number of benzene rings is 2. The number of halogens is 4. The highest BCUT2D eigenvalue weighted by Gasteiger charge is 2.33. The fraction of sp³-hybridized carbons (Fsp3) is 0.500. The number of hydrogen-bond acceptors (Lipinski definition) is 10. The molecule has 0 unspecified atom stereocenters. The molecule has 0 saturated carbocycles. The molecule has 0 spiro atoms. The number of rotatable bonds is 16. The van der Waals surface area contributed by atoms with Crippen molar-refractivity contribution in [2.24, 2.45) is 0 Å². The zero-order chi connectivity index (χ0) is 35.0. The van der Waals surface area contributed by atoms with Gasteiger partial charge in [-0.2, -0.15) is 0 Å². The van der Waals surface area contributed by atoms with E-state index in [0.717, 1.165) is 34.5 Å². The normalized spacial score (nSPS) is 12.4. The van der Waals surface area contributed by atoms with Gasteiger partial charge < -0.3 is 19.3 Å². The van der Waals surface area contributed by atoms with E-state index >= 15 is 0 Å². The summed E-state index contributed by atoms with van der Waals surface area (Å²) in [5.74, 6) is -3.98. The fourth-order valence-corrected chi connectivity index (χ4v) is 9.94. The van der Waals surface area contributed by atoms with Crippen molar-refractivity contribution in [2.45, 2.75) is 35.5 Å². The number of nitrogens with zero attached hydrogens (tertiary/aromatic N) is 4. The molecular weight excluding hydrogens is 904 g/mol. The smallest absolute Gasteiger partial charge is 0.415 e. The van der Waals surface area contributed by atoms with Gasteiger partial charge in [0.15, 0.2) is 11.5 Å². The van der Waals surface area contributed by atoms with Crippen molar-refractivity contribution in [3.63, 3.8) is 0 Å². The van der Waals surface area contributed by atoms with Crippen LogP contribution in [0, 0.1) is 0 Å². The molecule has 0 amide bonds. The van der Waals surface area contributed by atoms with Crippen LogP contribution >= 0.6 is 63.7 Å². The minimum Gasteiger partial charge on any atom is -0.415 e. The van der Waals surface area contributed by atoms with Crippen molar-refractivity contribution in [1.29, 1.82) is 0 Å². The molecule has 2 aromatic carbocycles. The first-order valence-electron chi connectivity index (χ1n) is 13.9. The number of ether oxygens (including phenoxy) is 2. The molecule has 258 valence electrons. The molecule has 0 fully saturated rings. The maximum atomic E-state index is 13.5. The molecule has 12 nitrogen and oxygen atoms in total. The van der Waals surface area contributed by atoms with Gasteiger partial charge in [-0.15, -0.1) is 0 Å². The Hall–Kier alpha value is -0.960. The van der Waals surface area contributed by atoms with Gasteiger partial charge in [0, 0.05) is 36.1 Å². The van der Waals surface area contributed by atoms with Gasteiger partial charge in [-0.3, -0.25) is 0 Å². The van der Waals surface area contributed by atoms with Gasteiger partial charge in [0.05, 0.1) is 8.95 Å². The second-order valence-electron chi connectivity index (χ2n) is 10.9. The van der Waals surface area contributed by atoms with Crippen molar-refractivity contribution in [3.8, 4) is 11.5 Å². The van der Waals surface area contributed by atoms with Crippen LogP contribution in [-0.2, 0) is 29.6 Å². The van der Waals surface area contributed by atoms with E-state index < -0.39 is 43.5 Å². The fourth-order valence-electron chi connectivity index (χ4n) is 4.02. The molecule has 0 aliphatic heterocycles. The number of sulfonamides is 2. The summed E-state index contributed by atoms with van der Waals surface area (Å²) in [7, 11) is 2.16. The SMILES string of the molecule is CN(C)CCCCN(C)S(=O)(=O)c1cc(Br)cc(Br)c1OC(=O)C(=O)Oc1c(Br)cc(Br)cc1S(=O)(=O)N(C)CCCCN(C)C. The van der Waals surface area contributed by atoms with Crippen LogP contribution in [0.25, 0.3) is 0 Å². The molecule has 2 rings (SSSR count). The number of hydrogen-bond donors (Lipinski definition) is 0. The summed E-state index contributed by atoms with van der Waals surface area (Å²) >= 11 is 13.0. The van der Waals surface area contributed by atoms with Gasteiger partial charge >= 0.3 is 11.9 Å². The van der Waals surface area contributed by atoms with E-state index in [1.807, 2.05) is 38.0 Å². The lowest BCUT2D eigenvalue weighted by Crippen LogP contribution is -2.31. The van der Waals surface area contributed by atoms with Gasteiger partial charge in [0.25, 0.3) is 0 Å². The molecule has 46 heavy (non-hydrogen) atoms. The van der Waals surface area contributed by atoms with Crippen LogP contribution in [0.1, 0.15) is 25.7 Å². The number of unbranched alkanes of at least 4 members (excludes halogenated alkanes) is 2. The largest absolute Gasteiger partial charge is 0.423 e. The number of carbonyl (C=O) groups is 2. The second-order valence-corrected chi connectivity index (χ2v) is 18.4. The van der Waals surface area contributed by atoms with E-state index in [0.29, 0.717) is 21.8 Å². The molecule has 0 aliphatic carbocycles. The third kappa shape index (κ3) is 11.6. The predicted octanol–water partition coefficient (Wildman–Crippen LogP) is 5.17. The number of carbonyl (C=O) groups excluding carboxylic acids is 2. The van der Waals surface area contributed by atoms with E-state index in [4.69, 9.17) is 9.47 Å². The molecule has 0 bridgehead atoms. The average molecular weight is 942 g/mol. The Labute approximate surface area is 305 Å². The molecule has 18 heteroatoms. The first-order chi connectivity index (χ1) is 21.3. The Morgan fingerprint density at radius 3 is 1.17 bits per heavy atom. The van der Waals surface area contributed by atoms with E-state index in [9.17, 15) is 26.4 Å². The monoisotopic (exact) mass is 938 g/mol. The Bertz CT molecular complexity index is 1500. The van der Waals surface area contributed by atoms with Gasteiger partial charge in [0.2, 0.25) is 20.0 Å². The third-order valence-corrected chi connectivity index (χ3v) is 12.4. The van der Waals surface area contributed by atoms with Gasteiger partial charge in [-0.25, -0.2) is 35.0 Å². The molecule has 0 saturated heterocycles. The molecule has 2 aromatic rings. The summed E-state index contributed by atoms with van der Waals surface area (Å²) in [6.45, 7) is 1.97. The van der Waals surface area contributed by atoms with Crippen LogP contribution in [0.2, 0.25) is 0 Å². The highest BCUT2D eigenvalue weighted by Crippen LogP contribution is 2.39. The van der Waals surface area contributed by atoms with Crippen LogP contribution in [0.4, 0.5) is 0 Å². The van der Waals surface area contributed by atoms with Crippen LogP contribution in [0.5, 0.6) is 11.5 Å². The topological polar surface area (TPSA) is 134 Å². The Morgan fingerprint density at radius 2 is 0.870 bits per heavy atom. The van der Waals surface area contributed by atoms with Crippen molar-refractivity contribution >= 4 is 95.7 Å². The van der Waals surface area contributed by atoms with Gasteiger partial charge in [0.1, 0.15) is 9.79 Å². The highest BCUT2D eigenvalue weighted by molar-refractivity contribution is 9.11. The van der Waals surface area contributed by atoms with Crippen LogP contribution in [-0.4, -0.2) is 116 Å². The standard InChI is InChI=1S/C28H38Br4N4O8S2/c1-33(2)11-7-9-13-35(5)45(39,40)23-17-19(29)15-21(31)25(23)43-27(37)28(38)44-26-22(32)16-20(30)18-24(26)46(41,42)36(6)14-10-8-12-34(3)4/h15-18H,7-14H2,1-6H3. The summed E-state index contributed by atoms with van der Waals surface area (Å²) in [5.41, 5.74) is 0. The van der Waals surface area contributed by atoms with Crippen molar-refractivity contribution in [3.05, 3.63) is 42.2 Å². The Kier molecular flexibility index (Phi) is 16.3. The van der Waals surface area contributed by atoms with Crippen molar-refractivity contribution in [1.82, 2.24) is 18.4 Å². The maximum absolute atomic E-state index is 13.5. The first kappa shape index (κ1) is 41.2. The summed E-state index contributed by atoms with van der Waals surface area (Å²) in [6.07, 6.45) is 2.70. The second kappa shape index (κ2) is 18.2. The van der Waals surface area contributed by atoms with E-state index in [1.54, 1.807) is 0 Å². The summed E-state index contributed by atoms with van der Waals surface area (Å²) in [4.78, 5) is 29.4. The summed E-state index contributed by atoms with van der Waals surface area (Å²) < 4.78 is 67.9. The van der Waals surface area contributed by atoms with E-state index in [1.165, 1.54) is 38.4 Å². The summed E-state index contributed by atoms with van der Waals surface area (Å²) in [5, 5.41) is 0. The van der Waals surface area contributed by atoms with E-state index in [2.05, 4.69) is 63.7 Å². The lowest BCUT2D eigenvalue weighted by Gasteiger charge is -2.21. The molecule has 0 aliphatic rings. The van der Waals surface area contributed by atoms with Gasteiger partial charge in [-0.05, 0) is 123 Å². The minimum absolute atomic E-state index is 0.0755. The molecule has 0 heterocycles. The van der Waals surface area contributed by atoms with Crippen molar-refractivity contribution < 1.29 is 35.9 Å². The van der Waals surface area contributed by atoms with Crippen LogP contribution < -0.4 is 9.47 Å². The molecule has 0 radical (unpaired) electrons. The summed E-state index contributed by atoms with van der Waals surface area (Å²) in [6, 6.07) is 5.42. The molecule has 0 aromatic heterocycles.